The Bertz CT molecular complexity index is 669. The van der Waals surface area contributed by atoms with Crippen LogP contribution in [0.4, 0.5) is 14.5 Å². The highest BCUT2D eigenvalue weighted by Crippen LogP contribution is 2.34. The normalized spacial score (nSPS) is 10.4. The Hall–Kier alpha value is -1.85. The molecule has 0 fully saturated rings. The average molecular weight is 318 g/mol. The van der Waals surface area contributed by atoms with Gasteiger partial charge in [-0.25, -0.2) is 8.78 Å². The van der Waals surface area contributed by atoms with Crippen LogP contribution < -0.4 is 5.32 Å². The monoisotopic (exact) mass is 317 g/mol. The molecule has 0 atom stereocenters. The van der Waals surface area contributed by atoms with E-state index in [1.165, 1.54) is 12.1 Å². The van der Waals surface area contributed by atoms with E-state index in [0.29, 0.717) is 0 Å². The van der Waals surface area contributed by atoms with Gasteiger partial charge in [0.05, 0.1) is 10.0 Å². The molecule has 0 aromatic heterocycles. The Morgan fingerprint density at radius 2 is 1.65 bits per heavy atom. The van der Waals surface area contributed by atoms with Crippen LogP contribution in [0.1, 0.15) is 10.4 Å². The molecule has 0 radical (unpaired) electrons. The largest absolute Gasteiger partial charge is 0.505 e. The first-order chi connectivity index (χ1) is 9.38. The number of phenols is 1. The maximum atomic E-state index is 13.0. The minimum Gasteiger partial charge on any atom is -0.505 e. The fourth-order valence-corrected chi connectivity index (χ4v) is 1.97. The second kappa shape index (κ2) is 5.64. The topological polar surface area (TPSA) is 49.3 Å². The Morgan fingerprint density at radius 3 is 2.20 bits per heavy atom. The standard InChI is InChI=1S/C13H7Cl2F2NO2/c14-8-4-7(5-9(15)12(8)19)18-13(20)6-1-2-10(16)11(17)3-6/h1-5,19H,(H,18,20). The number of rotatable bonds is 2. The lowest BCUT2D eigenvalue weighted by molar-refractivity contribution is 0.102. The Kier molecular flexibility index (Phi) is 4.11. The number of aromatic hydroxyl groups is 1. The van der Waals surface area contributed by atoms with Gasteiger partial charge < -0.3 is 10.4 Å². The molecule has 0 unspecified atom stereocenters. The SMILES string of the molecule is O=C(Nc1cc(Cl)c(O)c(Cl)c1)c1ccc(F)c(F)c1. The summed E-state index contributed by atoms with van der Waals surface area (Å²) in [4.78, 5) is 11.8. The minimum atomic E-state index is -1.13. The first-order valence-corrected chi connectivity index (χ1v) is 6.08. The number of hydrogen-bond acceptors (Lipinski definition) is 2. The van der Waals surface area contributed by atoms with Crippen molar-refractivity contribution in [2.75, 3.05) is 5.32 Å². The highest BCUT2D eigenvalue weighted by Gasteiger charge is 2.12. The van der Waals surface area contributed by atoms with Gasteiger partial charge in [0.15, 0.2) is 17.4 Å². The smallest absolute Gasteiger partial charge is 0.255 e. The maximum Gasteiger partial charge on any atom is 0.255 e. The molecule has 0 bridgehead atoms. The van der Waals surface area contributed by atoms with Crippen LogP contribution in [-0.4, -0.2) is 11.0 Å². The highest BCUT2D eigenvalue weighted by atomic mass is 35.5. The Morgan fingerprint density at radius 1 is 1.05 bits per heavy atom. The summed E-state index contributed by atoms with van der Waals surface area (Å²) in [7, 11) is 0. The van der Waals surface area contributed by atoms with Crippen LogP contribution in [-0.2, 0) is 0 Å². The number of anilines is 1. The molecule has 0 saturated carbocycles. The van der Waals surface area contributed by atoms with Crippen LogP contribution in [0.15, 0.2) is 30.3 Å². The molecule has 1 amide bonds. The Labute approximate surface area is 122 Å². The fraction of sp³-hybridized carbons (Fsp3) is 0. The number of benzene rings is 2. The third-order valence-corrected chi connectivity index (χ3v) is 3.03. The second-order valence-electron chi connectivity index (χ2n) is 3.87. The molecule has 0 aliphatic heterocycles. The predicted octanol–water partition coefficient (Wildman–Crippen LogP) is 4.23. The summed E-state index contributed by atoms with van der Waals surface area (Å²) in [5.74, 6) is -3.14. The molecule has 0 spiro atoms. The van der Waals surface area contributed by atoms with Crippen molar-refractivity contribution < 1.29 is 18.7 Å². The van der Waals surface area contributed by atoms with Crippen LogP contribution >= 0.6 is 23.2 Å². The molecular formula is C13H7Cl2F2NO2. The zero-order valence-electron chi connectivity index (χ0n) is 9.75. The van der Waals surface area contributed by atoms with Gasteiger partial charge >= 0.3 is 0 Å². The molecule has 0 aliphatic carbocycles. The van der Waals surface area contributed by atoms with Crippen LogP contribution in [0.5, 0.6) is 5.75 Å². The molecule has 3 nitrogen and oxygen atoms in total. The quantitative estimate of drug-likeness (QED) is 0.814. The minimum absolute atomic E-state index is 0.0434. The molecule has 0 saturated heterocycles. The summed E-state index contributed by atoms with van der Waals surface area (Å²) in [6, 6.07) is 5.31. The third kappa shape index (κ3) is 3.00. The van der Waals surface area contributed by atoms with Gasteiger partial charge in [-0.1, -0.05) is 23.2 Å². The van der Waals surface area contributed by atoms with Gasteiger partial charge in [-0.2, -0.15) is 0 Å². The van der Waals surface area contributed by atoms with Crippen LogP contribution in [0, 0.1) is 11.6 Å². The lowest BCUT2D eigenvalue weighted by Crippen LogP contribution is -2.12. The summed E-state index contributed by atoms with van der Waals surface area (Å²) in [6.07, 6.45) is 0. The van der Waals surface area contributed by atoms with E-state index in [4.69, 9.17) is 23.2 Å². The summed E-state index contributed by atoms with van der Waals surface area (Å²) >= 11 is 11.4. The Balaban J connectivity index is 2.25. The van der Waals surface area contributed by atoms with Gasteiger partial charge in [0.25, 0.3) is 5.91 Å². The van der Waals surface area contributed by atoms with Crippen molar-refractivity contribution in [2.45, 2.75) is 0 Å². The van der Waals surface area contributed by atoms with Crippen LogP contribution in [0.3, 0.4) is 0 Å². The van der Waals surface area contributed by atoms with Gasteiger partial charge in [-0.3, -0.25) is 4.79 Å². The van der Waals surface area contributed by atoms with Gasteiger partial charge in [0.2, 0.25) is 0 Å². The predicted molar refractivity (Wildman–Crippen MR) is 72.4 cm³/mol. The van der Waals surface area contributed by atoms with Gasteiger partial charge in [-0.15, -0.1) is 0 Å². The summed E-state index contributed by atoms with van der Waals surface area (Å²) in [5.41, 5.74) is 0.150. The van der Waals surface area contributed by atoms with Crippen molar-refractivity contribution in [2.24, 2.45) is 0 Å². The van der Waals surface area contributed by atoms with Gasteiger partial charge in [0, 0.05) is 11.3 Å². The van der Waals surface area contributed by atoms with Crippen LogP contribution in [0.25, 0.3) is 0 Å². The highest BCUT2D eigenvalue weighted by molar-refractivity contribution is 6.37. The van der Waals surface area contributed by atoms with E-state index in [1.54, 1.807) is 0 Å². The molecule has 2 aromatic rings. The van der Waals surface area contributed by atoms with E-state index in [9.17, 15) is 18.7 Å². The lowest BCUT2D eigenvalue weighted by atomic mass is 10.2. The lowest BCUT2D eigenvalue weighted by Gasteiger charge is -2.08. The molecular weight excluding hydrogens is 311 g/mol. The maximum absolute atomic E-state index is 13.0. The van der Waals surface area contributed by atoms with Crippen molar-refractivity contribution in [3.05, 3.63) is 57.6 Å². The van der Waals surface area contributed by atoms with Gasteiger partial charge in [0.1, 0.15) is 0 Å². The number of hydrogen-bond donors (Lipinski definition) is 2. The average Bonchev–Trinajstić information content (AvgIpc) is 2.39. The van der Waals surface area contributed by atoms with Crippen molar-refractivity contribution in [1.29, 1.82) is 0 Å². The molecule has 104 valence electrons. The molecule has 7 heteroatoms. The number of nitrogens with one attached hydrogen (secondary N) is 1. The summed E-state index contributed by atoms with van der Waals surface area (Å²) in [6.45, 7) is 0. The van der Waals surface area contributed by atoms with Crippen molar-refractivity contribution in [3.8, 4) is 5.75 Å². The number of phenolic OH excluding ortho intramolecular Hbond substituents is 1. The van der Waals surface area contributed by atoms with Crippen LogP contribution in [0.2, 0.25) is 10.0 Å². The first-order valence-electron chi connectivity index (χ1n) is 5.33. The molecule has 2 rings (SSSR count). The second-order valence-corrected chi connectivity index (χ2v) is 4.69. The molecule has 2 N–H and O–H groups in total. The number of halogens is 4. The molecule has 0 heterocycles. The van der Waals surface area contributed by atoms with Crippen molar-refractivity contribution in [1.82, 2.24) is 0 Å². The zero-order valence-corrected chi connectivity index (χ0v) is 11.3. The molecule has 2 aromatic carbocycles. The summed E-state index contributed by atoms with van der Waals surface area (Å²) < 4.78 is 25.8. The number of carbonyl (C=O) groups excluding carboxylic acids is 1. The summed E-state index contributed by atoms with van der Waals surface area (Å²) in [5, 5.41) is 11.7. The first kappa shape index (κ1) is 14.6. The third-order valence-electron chi connectivity index (χ3n) is 2.46. The van der Waals surface area contributed by atoms with E-state index in [-0.39, 0.29) is 27.0 Å². The van der Waals surface area contributed by atoms with E-state index in [0.717, 1.165) is 18.2 Å². The van der Waals surface area contributed by atoms with E-state index in [1.807, 2.05) is 0 Å². The number of amides is 1. The number of carbonyl (C=O) groups is 1. The fourth-order valence-electron chi connectivity index (χ4n) is 1.48. The van der Waals surface area contributed by atoms with E-state index >= 15 is 0 Å². The van der Waals surface area contributed by atoms with E-state index < -0.39 is 17.5 Å². The molecule has 20 heavy (non-hydrogen) atoms. The van der Waals surface area contributed by atoms with E-state index in [2.05, 4.69) is 5.32 Å². The molecule has 0 aliphatic rings. The van der Waals surface area contributed by atoms with Gasteiger partial charge in [-0.05, 0) is 30.3 Å². The zero-order chi connectivity index (χ0) is 14.9. The van der Waals surface area contributed by atoms with Crippen molar-refractivity contribution in [3.63, 3.8) is 0 Å². The van der Waals surface area contributed by atoms with Crippen molar-refractivity contribution >= 4 is 34.8 Å².